The molecular formula is C15H22ClN5O2. The van der Waals surface area contributed by atoms with Crippen LogP contribution in [0, 0.1) is 5.92 Å². The van der Waals surface area contributed by atoms with Crippen LogP contribution in [0.3, 0.4) is 0 Å². The highest BCUT2D eigenvalue weighted by Gasteiger charge is 2.19. The van der Waals surface area contributed by atoms with Crippen LogP contribution in [0.25, 0.3) is 0 Å². The third kappa shape index (κ3) is 4.79. The molecule has 7 nitrogen and oxygen atoms in total. The zero-order valence-corrected chi connectivity index (χ0v) is 14.2. The third-order valence-electron chi connectivity index (χ3n) is 3.57. The lowest BCUT2D eigenvalue weighted by molar-refractivity contribution is -0.123. The number of carbonyl (C=O) groups excluding carboxylic acids is 2. The number of aromatic nitrogens is 2. The molecule has 2 rings (SSSR count). The second kappa shape index (κ2) is 8.10. The summed E-state index contributed by atoms with van der Waals surface area (Å²) >= 11 is 6.03. The molecule has 2 N–H and O–H groups in total. The van der Waals surface area contributed by atoms with Crippen molar-refractivity contribution in [3.63, 3.8) is 0 Å². The first-order valence-electron chi connectivity index (χ1n) is 7.82. The Bertz CT molecular complexity index is 573. The van der Waals surface area contributed by atoms with Crippen molar-refractivity contribution in [1.82, 2.24) is 20.6 Å². The molecule has 1 aliphatic heterocycles. The Hall–Kier alpha value is -1.89. The number of rotatable bonds is 6. The van der Waals surface area contributed by atoms with Crippen molar-refractivity contribution in [2.45, 2.75) is 26.7 Å². The van der Waals surface area contributed by atoms with Crippen molar-refractivity contribution in [1.29, 1.82) is 0 Å². The smallest absolute Gasteiger partial charge is 0.271 e. The molecule has 1 aromatic rings. The van der Waals surface area contributed by atoms with Crippen LogP contribution in [0.4, 0.5) is 5.95 Å². The summed E-state index contributed by atoms with van der Waals surface area (Å²) in [4.78, 5) is 34.1. The molecule has 2 amide bonds. The van der Waals surface area contributed by atoms with E-state index in [1.165, 1.54) is 6.20 Å². The SMILES string of the molecule is CC(C)C(=O)NCCNC(=O)c1nc(N2CCCC2)ncc1Cl. The monoisotopic (exact) mass is 339 g/mol. The molecule has 0 atom stereocenters. The van der Waals surface area contributed by atoms with E-state index in [1.54, 1.807) is 0 Å². The van der Waals surface area contributed by atoms with Gasteiger partial charge in [-0.2, -0.15) is 0 Å². The maximum Gasteiger partial charge on any atom is 0.271 e. The van der Waals surface area contributed by atoms with Crippen LogP contribution in [0.5, 0.6) is 0 Å². The molecule has 1 saturated heterocycles. The lowest BCUT2D eigenvalue weighted by Gasteiger charge is -2.16. The van der Waals surface area contributed by atoms with Gasteiger partial charge in [0.05, 0.1) is 11.2 Å². The molecule has 0 unspecified atom stereocenters. The Balaban J connectivity index is 1.90. The molecule has 0 radical (unpaired) electrons. The minimum absolute atomic E-state index is 0.0457. The molecule has 1 aliphatic rings. The summed E-state index contributed by atoms with van der Waals surface area (Å²) in [6.45, 7) is 6.10. The van der Waals surface area contributed by atoms with Gasteiger partial charge < -0.3 is 15.5 Å². The highest BCUT2D eigenvalue weighted by atomic mass is 35.5. The predicted octanol–water partition coefficient (Wildman–Crippen LogP) is 1.23. The molecular weight excluding hydrogens is 318 g/mol. The number of hydrogen-bond acceptors (Lipinski definition) is 5. The number of anilines is 1. The summed E-state index contributed by atoms with van der Waals surface area (Å²) in [5.41, 5.74) is 0.166. The predicted molar refractivity (Wildman–Crippen MR) is 88.7 cm³/mol. The molecule has 1 fully saturated rings. The van der Waals surface area contributed by atoms with E-state index in [-0.39, 0.29) is 28.4 Å². The molecule has 2 heterocycles. The van der Waals surface area contributed by atoms with Gasteiger partial charge in [-0.3, -0.25) is 9.59 Å². The highest BCUT2D eigenvalue weighted by Crippen LogP contribution is 2.19. The number of carbonyl (C=O) groups is 2. The molecule has 0 aromatic carbocycles. The fourth-order valence-corrected chi connectivity index (χ4v) is 2.41. The maximum absolute atomic E-state index is 12.2. The van der Waals surface area contributed by atoms with E-state index in [0.717, 1.165) is 25.9 Å². The van der Waals surface area contributed by atoms with Gasteiger partial charge in [0.25, 0.3) is 5.91 Å². The Kier molecular flexibility index (Phi) is 6.15. The van der Waals surface area contributed by atoms with E-state index in [4.69, 9.17) is 11.6 Å². The van der Waals surface area contributed by atoms with Crippen LogP contribution in [0.1, 0.15) is 37.2 Å². The van der Waals surface area contributed by atoms with Crippen LogP contribution < -0.4 is 15.5 Å². The summed E-state index contributed by atoms with van der Waals surface area (Å²) in [5.74, 6) is 0.0440. The number of hydrogen-bond donors (Lipinski definition) is 2. The van der Waals surface area contributed by atoms with E-state index in [2.05, 4.69) is 20.6 Å². The van der Waals surface area contributed by atoms with E-state index >= 15 is 0 Å². The molecule has 0 spiro atoms. The lowest BCUT2D eigenvalue weighted by atomic mass is 10.2. The van der Waals surface area contributed by atoms with Crippen molar-refractivity contribution in [2.75, 3.05) is 31.1 Å². The molecule has 8 heteroatoms. The summed E-state index contributed by atoms with van der Waals surface area (Å²) in [6, 6.07) is 0. The average molecular weight is 340 g/mol. The van der Waals surface area contributed by atoms with Gasteiger partial charge >= 0.3 is 0 Å². The number of halogens is 1. The van der Waals surface area contributed by atoms with Gasteiger partial charge in [0, 0.05) is 32.1 Å². The minimum Gasteiger partial charge on any atom is -0.354 e. The van der Waals surface area contributed by atoms with Gasteiger partial charge in [0.15, 0.2) is 5.69 Å². The van der Waals surface area contributed by atoms with Crippen molar-refractivity contribution >= 4 is 29.4 Å². The van der Waals surface area contributed by atoms with E-state index in [9.17, 15) is 9.59 Å². The highest BCUT2D eigenvalue weighted by molar-refractivity contribution is 6.33. The zero-order valence-electron chi connectivity index (χ0n) is 13.4. The quantitative estimate of drug-likeness (QED) is 0.761. The van der Waals surface area contributed by atoms with Crippen molar-refractivity contribution in [2.24, 2.45) is 5.92 Å². The lowest BCUT2D eigenvalue weighted by Crippen LogP contribution is -2.36. The topological polar surface area (TPSA) is 87.2 Å². The first-order chi connectivity index (χ1) is 11.0. The second-order valence-corrected chi connectivity index (χ2v) is 6.17. The first-order valence-corrected chi connectivity index (χ1v) is 8.20. The van der Waals surface area contributed by atoms with Crippen LogP contribution in [-0.4, -0.2) is 48.0 Å². The summed E-state index contributed by atoms with van der Waals surface area (Å²) < 4.78 is 0. The zero-order chi connectivity index (χ0) is 16.8. The van der Waals surface area contributed by atoms with Crippen molar-refractivity contribution in [3.8, 4) is 0 Å². The summed E-state index contributed by atoms with van der Waals surface area (Å²) in [7, 11) is 0. The average Bonchev–Trinajstić information content (AvgIpc) is 3.05. The van der Waals surface area contributed by atoms with Gasteiger partial charge in [0.1, 0.15) is 0 Å². The molecule has 0 saturated carbocycles. The molecule has 23 heavy (non-hydrogen) atoms. The fourth-order valence-electron chi connectivity index (χ4n) is 2.24. The van der Waals surface area contributed by atoms with Crippen LogP contribution in [0.2, 0.25) is 5.02 Å². The normalized spacial score (nSPS) is 14.2. The number of nitrogens with one attached hydrogen (secondary N) is 2. The van der Waals surface area contributed by atoms with Crippen LogP contribution >= 0.6 is 11.6 Å². The molecule has 0 bridgehead atoms. The van der Waals surface area contributed by atoms with Gasteiger partial charge in [-0.15, -0.1) is 0 Å². The summed E-state index contributed by atoms with van der Waals surface area (Å²) in [6.07, 6.45) is 3.66. The van der Waals surface area contributed by atoms with Crippen LogP contribution in [-0.2, 0) is 4.79 Å². The number of amides is 2. The standard InChI is InChI=1S/C15H22ClN5O2/c1-10(2)13(22)17-5-6-18-14(23)12-11(16)9-19-15(20-12)21-7-3-4-8-21/h9-10H,3-8H2,1-2H3,(H,17,22)(H,18,23). The first kappa shape index (κ1) is 17.5. The maximum atomic E-state index is 12.2. The second-order valence-electron chi connectivity index (χ2n) is 5.76. The Morgan fingerprint density at radius 3 is 2.57 bits per heavy atom. The van der Waals surface area contributed by atoms with Crippen molar-refractivity contribution in [3.05, 3.63) is 16.9 Å². The fraction of sp³-hybridized carbons (Fsp3) is 0.600. The number of nitrogens with zero attached hydrogens (tertiary/aromatic N) is 3. The van der Waals surface area contributed by atoms with Gasteiger partial charge in [-0.25, -0.2) is 9.97 Å². The van der Waals surface area contributed by atoms with E-state index in [0.29, 0.717) is 19.0 Å². The van der Waals surface area contributed by atoms with Gasteiger partial charge in [0.2, 0.25) is 11.9 Å². The minimum atomic E-state index is -0.364. The van der Waals surface area contributed by atoms with Gasteiger partial charge in [-0.1, -0.05) is 25.4 Å². The Morgan fingerprint density at radius 1 is 1.26 bits per heavy atom. The Morgan fingerprint density at radius 2 is 1.91 bits per heavy atom. The van der Waals surface area contributed by atoms with E-state index < -0.39 is 0 Å². The molecule has 1 aromatic heterocycles. The third-order valence-corrected chi connectivity index (χ3v) is 3.85. The molecule has 0 aliphatic carbocycles. The Labute approximate surface area is 140 Å². The van der Waals surface area contributed by atoms with Crippen molar-refractivity contribution < 1.29 is 9.59 Å². The summed E-state index contributed by atoms with van der Waals surface area (Å²) in [5, 5.41) is 5.66. The largest absolute Gasteiger partial charge is 0.354 e. The molecule has 126 valence electrons. The van der Waals surface area contributed by atoms with Gasteiger partial charge in [-0.05, 0) is 12.8 Å². The van der Waals surface area contributed by atoms with E-state index in [1.807, 2.05) is 18.7 Å². The van der Waals surface area contributed by atoms with Crippen LogP contribution in [0.15, 0.2) is 6.20 Å².